The molecule has 5 heteroatoms. The standard InChI is InChI=1S/C16H11BrN2O2/c17-8-5-6-10-12(7-8)19-14(16(10)21)13-15(20)9-3-1-2-4-11(9)18-13/h1-7,18-21H/p-2/i2D. The van der Waals surface area contributed by atoms with Crippen molar-refractivity contribution in [3.05, 3.63) is 46.9 Å². The molecular formula is C16H9BrN2O2-2. The lowest BCUT2D eigenvalue weighted by atomic mass is 10.2. The van der Waals surface area contributed by atoms with Crippen molar-refractivity contribution >= 4 is 37.7 Å². The van der Waals surface area contributed by atoms with Gasteiger partial charge in [-0.05, 0) is 29.0 Å². The summed E-state index contributed by atoms with van der Waals surface area (Å²) in [6.45, 7) is 0. The summed E-state index contributed by atoms with van der Waals surface area (Å²) in [5.74, 6) is -0.449. The Morgan fingerprint density at radius 3 is 2.33 bits per heavy atom. The summed E-state index contributed by atoms with van der Waals surface area (Å²) in [7, 11) is 0. The van der Waals surface area contributed by atoms with E-state index >= 15 is 0 Å². The minimum atomic E-state index is -0.238. The highest BCUT2D eigenvalue weighted by Gasteiger charge is 2.11. The molecule has 2 N–H and O–H groups in total. The van der Waals surface area contributed by atoms with E-state index in [0.29, 0.717) is 27.8 Å². The fraction of sp³-hybridized carbons (Fsp3) is 0. The van der Waals surface area contributed by atoms with Crippen molar-refractivity contribution in [3.8, 4) is 22.9 Å². The lowest BCUT2D eigenvalue weighted by Gasteiger charge is -2.11. The number of fused-ring (bicyclic) bond motifs is 2. The average molecular weight is 342 g/mol. The summed E-state index contributed by atoms with van der Waals surface area (Å²) in [5, 5.41) is 26.0. The molecule has 4 rings (SSSR count). The third kappa shape index (κ3) is 1.74. The molecule has 2 aromatic heterocycles. The number of benzene rings is 2. The Balaban J connectivity index is 2.02. The van der Waals surface area contributed by atoms with Crippen LogP contribution in [0.5, 0.6) is 11.5 Å². The predicted molar refractivity (Wildman–Crippen MR) is 82.2 cm³/mol. The Morgan fingerprint density at radius 1 is 0.905 bits per heavy atom. The molecule has 2 heterocycles. The Morgan fingerprint density at radius 2 is 1.57 bits per heavy atom. The van der Waals surface area contributed by atoms with Crippen LogP contribution in [0, 0.1) is 0 Å². The molecule has 0 radical (unpaired) electrons. The number of aromatic nitrogens is 2. The third-order valence-corrected chi connectivity index (χ3v) is 4.05. The highest BCUT2D eigenvalue weighted by Crippen LogP contribution is 2.40. The van der Waals surface area contributed by atoms with Gasteiger partial charge in [-0.1, -0.05) is 51.7 Å². The number of nitrogens with one attached hydrogen (secondary N) is 2. The first-order valence-electron chi connectivity index (χ1n) is 6.82. The maximum atomic E-state index is 12.5. The summed E-state index contributed by atoms with van der Waals surface area (Å²) < 4.78 is 8.47. The van der Waals surface area contributed by atoms with Gasteiger partial charge in [0.05, 0.1) is 12.8 Å². The molecule has 0 atom stereocenters. The van der Waals surface area contributed by atoms with Crippen LogP contribution in [0.1, 0.15) is 1.37 Å². The van der Waals surface area contributed by atoms with Gasteiger partial charge in [-0.2, -0.15) is 0 Å². The van der Waals surface area contributed by atoms with Crippen LogP contribution >= 0.6 is 15.9 Å². The molecule has 0 saturated heterocycles. The van der Waals surface area contributed by atoms with E-state index in [1.54, 1.807) is 36.4 Å². The minimum Gasteiger partial charge on any atom is -0.871 e. The van der Waals surface area contributed by atoms with E-state index in [0.717, 1.165) is 4.47 Å². The van der Waals surface area contributed by atoms with Gasteiger partial charge < -0.3 is 20.2 Å². The van der Waals surface area contributed by atoms with Crippen LogP contribution in [0.25, 0.3) is 33.2 Å². The number of halogens is 1. The van der Waals surface area contributed by atoms with Crippen molar-refractivity contribution in [1.29, 1.82) is 0 Å². The zero-order valence-corrected chi connectivity index (χ0v) is 12.2. The Kier molecular flexibility index (Phi) is 2.31. The van der Waals surface area contributed by atoms with Gasteiger partial charge in [0.1, 0.15) is 0 Å². The second kappa shape index (κ2) is 4.30. The van der Waals surface area contributed by atoms with Gasteiger partial charge in [-0.15, -0.1) is 0 Å². The van der Waals surface area contributed by atoms with Gasteiger partial charge >= 0.3 is 0 Å². The lowest BCUT2D eigenvalue weighted by molar-refractivity contribution is -0.268. The van der Waals surface area contributed by atoms with Crippen LogP contribution in [0.4, 0.5) is 0 Å². The summed E-state index contributed by atoms with van der Waals surface area (Å²) >= 11 is 3.36. The van der Waals surface area contributed by atoms with E-state index in [9.17, 15) is 10.2 Å². The molecule has 0 bridgehead atoms. The van der Waals surface area contributed by atoms with E-state index in [2.05, 4.69) is 25.9 Å². The van der Waals surface area contributed by atoms with Crippen LogP contribution in [0.2, 0.25) is 0 Å². The van der Waals surface area contributed by atoms with Gasteiger partial charge in [0, 0.05) is 15.5 Å². The topological polar surface area (TPSA) is 77.7 Å². The van der Waals surface area contributed by atoms with Gasteiger partial charge in [0.15, 0.2) is 0 Å². The molecule has 104 valence electrons. The predicted octanol–water partition coefficient (Wildman–Crippen LogP) is 3.23. The van der Waals surface area contributed by atoms with Crippen LogP contribution < -0.4 is 10.2 Å². The zero-order valence-electron chi connectivity index (χ0n) is 11.7. The first-order valence-corrected chi connectivity index (χ1v) is 7.12. The lowest BCUT2D eigenvalue weighted by Crippen LogP contribution is -1.95. The van der Waals surface area contributed by atoms with Crippen LogP contribution in [-0.2, 0) is 0 Å². The van der Waals surface area contributed by atoms with Gasteiger partial charge in [0.2, 0.25) is 0 Å². The number of hydrogen-bond acceptors (Lipinski definition) is 2. The number of aromatic amines is 2. The van der Waals surface area contributed by atoms with Gasteiger partial charge in [-0.25, -0.2) is 0 Å². The summed E-state index contributed by atoms with van der Waals surface area (Å²) in [4.78, 5) is 5.98. The molecule has 0 aliphatic rings. The van der Waals surface area contributed by atoms with Gasteiger partial charge in [-0.3, -0.25) is 0 Å². The van der Waals surface area contributed by atoms with Crippen LogP contribution in [0.3, 0.4) is 0 Å². The van der Waals surface area contributed by atoms with Crippen LogP contribution in [-0.4, -0.2) is 9.97 Å². The Hall–Kier alpha value is -2.40. The van der Waals surface area contributed by atoms with E-state index in [4.69, 9.17) is 1.37 Å². The van der Waals surface area contributed by atoms with Crippen molar-refractivity contribution in [2.45, 2.75) is 0 Å². The molecule has 0 spiro atoms. The number of hydrogen-bond donors (Lipinski definition) is 2. The van der Waals surface area contributed by atoms with E-state index in [1.807, 2.05) is 0 Å². The molecule has 0 amide bonds. The van der Waals surface area contributed by atoms with Crippen molar-refractivity contribution in [2.75, 3.05) is 0 Å². The van der Waals surface area contributed by atoms with E-state index in [-0.39, 0.29) is 22.9 Å². The first kappa shape index (κ1) is 11.3. The largest absolute Gasteiger partial charge is 0.871 e. The number of para-hydroxylation sites is 1. The van der Waals surface area contributed by atoms with E-state index in [1.165, 1.54) is 0 Å². The van der Waals surface area contributed by atoms with Crippen molar-refractivity contribution in [2.24, 2.45) is 0 Å². The molecule has 0 aliphatic carbocycles. The molecule has 4 aromatic rings. The monoisotopic (exact) mass is 341 g/mol. The maximum Gasteiger partial charge on any atom is 0.0623 e. The molecule has 21 heavy (non-hydrogen) atoms. The van der Waals surface area contributed by atoms with Crippen molar-refractivity contribution in [3.63, 3.8) is 0 Å². The maximum absolute atomic E-state index is 12.5. The fourth-order valence-electron chi connectivity index (χ4n) is 2.55. The average Bonchev–Trinajstić information content (AvgIpc) is 2.96. The smallest absolute Gasteiger partial charge is 0.0623 e. The summed E-state index contributed by atoms with van der Waals surface area (Å²) in [6, 6.07) is 10.3. The molecule has 4 nitrogen and oxygen atoms in total. The quantitative estimate of drug-likeness (QED) is 0.557. The van der Waals surface area contributed by atoms with Crippen molar-refractivity contribution < 1.29 is 11.6 Å². The van der Waals surface area contributed by atoms with Gasteiger partial charge in [0.25, 0.3) is 0 Å². The molecule has 0 saturated carbocycles. The van der Waals surface area contributed by atoms with E-state index < -0.39 is 0 Å². The second-order valence-corrected chi connectivity index (χ2v) is 5.74. The zero-order chi connectivity index (χ0) is 15.4. The number of H-pyrrole nitrogens is 2. The third-order valence-electron chi connectivity index (χ3n) is 3.56. The molecule has 0 aliphatic heterocycles. The molecule has 0 unspecified atom stereocenters. The summed E-state index contributed by atoms with van der Waals surface area (Å²) in [5.41, 5.74) is 1.72. The normalized spacial score (nSPS) is 12.1. The molecular weight excluding hydrogens is 332 g/mol. The van der Waals surface area contributed by atoms with Crippen molar-refractivity contribution in [1.82, 2.24) is 9.97 Å². The molecule has 2 aromatic carbocycles. The Bertz CT molecular complexity index is 952. The second-order valence-electron chi connectivity index (χ2n) is 4.82. The fourth-order valence-corrected chi connectivity index (χ4v) is 2.92. The molecule has 0 fully saturated rings. The SMILES string of the molecule is [2H]c1ccc2c([O-])c(-c3[nH]c4cc(Br)ccc4c3[O-])[nH]c2c1. The first-order chi connectivity index (χ1) is 10.5. The Labute approximate surface area is 129 Å². The minimum absolute atomic E-state index is 0.211. The summed E-state index contributed by atoms with van der Waals surface area (Å²) in [6.07, 6.45) is 0. The van der Waals surface area contributed by atoms with Crippen LogP contribution in [0.15, 0.2) is 46.9 Å². The highest BCUT2D eigenvalue weighted by atomic mass is 79.9. The number of rotatable bonds is 1. The highest BCUT2D eigenvalue weighted by molar-refractivity contribution is 9.10.